The number of ether oxygens (including phenoxy) is 2. The molecular formula is C21H22N4O3. The van der Waals surface area contributed by atoms with Gasteiger partial charge in [-0.25, -0.2) is 9.97 Å². The summed E-state index contributed by atoms with van der Waals surface area (Å²) in [5.41, 5.74) is 2.34. The van der Waals surface area contributed by atoms with Gasteiger partial charge >= 0.3 is 0 Å². The Balaban J connectivity index is 1.19. The van der Waals surface area contributed by atoms with Gasteiger partial charge in [-0.3, -0.25) is 4.79 Å². The maximum atomic E-state index is 12.6. The Labute approximate surface area is 162 Å². The van der Waals surface area contributed by atoms with Crippen molar-refractivity contribution in [2.45, 2.75) is 31.3 Å². The Morgan fingerprint density at radius 2 is 2.29 bits per heavy atom. The van der Waals surface area contributed by atoms with E-state index in [1.807, 2.05) is 36.4 Å². The van der Waals surface area contributed by atoms with E-state index in [2.05, 4.69) is 20.3 Å². The molecule has 1 unspecified atom stereocenters. The van der Waals surface area contributed by atoms with E-state index in [1.165, 1.54) is 0 Å². The number of imidazole rings is 1. The number of nitrogens with zero attached hydrogens (tertiary/aromatic N) is 2. The first-order valence-corrected chi connectivity index (χ1v) is 9.72. The van der Waals surface area contributed by atoms with Crippen LogP contribution < -0.4 is 10.1 Å². The van der Waals surface area contributed by atoms with Crippen LogP contribution in [0.5, 0.6) is 5.75 Å². The lowest BCUT2D eigenvalue weighted by atomic mass is 10.2. The standard InChI is InChI=1S/C21H22N4O3/c26-21(17-11-16(17)19-24-18-7-2-8-22-20(18)25-19)23-13-4-1-5-14(10-13)28-12-15-6-3-9-27-15/h1-2,4-5,7-8,10,15-17H,3,6,9,11-12H2,(H,23,26)(H,22,24,25)/t15?,16-,17+/m0/s1. The van der Waals surface area contributed by atoms with Crippen LogP contribution in [0.25, 0.3) is 11.2 Å². The molecule has 2 aliphatic rings. The highest BCUT2D eigenvalue weighted by Crippen LogP contribution is 2.47. The molecule has 0 spiro atoms. The van der Waals surface area contributed by atoms with Gasteiger partial charge in [0.25, 0.3) is 0 Å². The number of rotatable bonds is 6. The fourth-order valence-electron chi connectivity index (χ4n) is 3.69. The predicted molar refractivity (Wildman–Crippen MR) is 104 cm³/mol. The van der Waals surface area contributed by atoms with Crippen LogP contribution in [0.2, 0.25) is 0 Å². The molecule has 0 bridgehead atoms. The summed E-state index contributed by atoms with van der Waals surface area (Å²) in [6, 6.07) is 11.3. The van der Waals surface area contributed by atoms with E-state index in [9.17, 15) is 4.79 Å². The largest absolute Gasteiger partial charge is 0.491 e. The summed E-state index contributed by atoms with van der Waals surface area (Å²) in [6.07, 6.45) is 4.81. The third-order valence-electron chi connectivity index (χ3n) is 5.32. The number of pyridine rings is 1. The molecule has 28 heavy (non-hydrogen) atoms. The van der Waals surface area contributed by atoms with Crippen LogP contribution in [0.3, 0.4) is 0 Å². The van der Waals surface area contributed by atoms with Gasteiger partial charge in [0.05, 0.1) is 11.6 Å². The summed E-state index contributed by atoms with van der Waals surface area (Å²) in [6.45, 7) is 1.36. The topological polar surface area (TPSA) is 89.1 Å². The Hall–Kier alpha value is -2.93. The molecule has 3 atom stereocenters. The molecule has 2 aromatic heterocycles. The number of anilines is 1. The van der Waals surface area contributed by atoms with Crippen molar-refractivity contribution in [1.82, 2.24) is 15.0 Å². The predicted octanol–water partition coefficient (Wildman–Crippen LogP) is 3.26. The van der Waals surface area contributed by atoms with E-state index in [4.69, 9.17) is 9.47 Å². The summed E-state index contributed by atoms with van der Waals surface area (Å²) in [4.78, 5) is 24.6. The number of aromatic nitrogens is 3. The van der Waals surface area contributed by atoms with E-state index in [-0.39, 0.29) is 23.8 Å². The maximum Gasteiger partial charge on any atom is 0.228 e. The number of hydrogen-bond acceptors (Lipinski definition) is 5. The average Bonchev–Trinajstić information content (AvgIpc) is 3.13. The zero-order chi connectivity index (χ0) is 18.9. The SMILES string of the molecule is O=C(Nc1cccc(OCC2CCCO2)c1)[C@@H]1C[C@@H]1c1nc2ncccc2[nH]1. The van der Waals surface area contributed by atoms with Gasteiger partial charge in [-0.2, -0.15) is 0 Å². The van der Waals surface area contributed by atoms with Crippen LogP contribution in [-0.2, 0) is 9.53 Å². The van der Waals surface area contributed by atoms with Crippen molar-refractivity contribution in [2.24, 2.45) is 5.92 Å². The fourth-order valence-corrected chi connectivity index (χ4v) is 3.69. The second-order valence-electron chi connectivity index (χ2n) is 7.41. The van der Waals surface area contributed by atoms with Gasteiger partial charge in [-0.05, 0) is 43.5 Å². The summed E-state index contributed by atoms with van der Waals surface area (Å²) in [7, 11) is 0. The number of amides is 1. The van der Waals surface area contributed by atoms with E-state index >= 15 is 0 Å². The Kier molecular flexibility index (Phi) is 4.44. The van der Waals surface area contributed by atoms with Crippen LogP contribution in [0, 0.1) is 5.92 Å². The summed E-state index contributed by atoms with van der Waals surface area (Å²) in [5, 5.41) is 3.00. The van der Waals surface area contributed by atoms with Crippen LogP contribution in [0.1, 0.15) is 31.0 Å². The van der Waals surface area contributed by atoms with Crippen molar-refractivity contribution in [1.29, 1.82) is 0 Å². The average molecular weight is 378 g/mol. The number of H-pyrrole nitrogens is 1. The fraction of sp³-hybridized carbons (Fsp3) is 0.381. The molecule has 3 heterocycles. The lowest BCUT2D eigenvalue weighted by Crippen LogP contribution is -2.17. The second kappa shape index (κ2) is 7.24. The van der Waals surface area contributed by atoms with Crippen molar-refractivity contribution in [3.8, 4) is 5.75 Å². The molecule has 144 valence electrons. The second-order valence-corrected chi connectivity index (χ2v) is 7.41. The number of hydrogen-bond donors (Lipinski definition) is 2. The highest BCUT2D eigenvalue weighted by atomic mass is 16.5. The first kappa shape index (κ1) is 17.2. The minimum atomic E-state index is -0.0722. The van der Waals surface area contributed by atoms with E-state index in [1.54, 1.807) is 6.20 Å². The van der Waals surface area contributed by atoms with E-state index in [0.717, 1.165) is 48.6 Å². The molecule has 2 N–H and O–H groups in total. The summed E-state index contributed by atoms with van der Waals surface area (Å²) >= 11 is 0. The Bertz CT molecular complexity index is 963. The normalized spacial score (nSPS) is 23.6. The van der Waals surface area contributed by atoms with Gasteiger partial charge in [0.15, 0.2) is 5.65 Å². The molecule has 1 aromatic carbocycles. The van der Waals surface area contributed by atoms with Gasteiger partial charge in [0.2, 0.25) is 5.91 Å². The molecule has 5 rings (SSSR count). The minimum absolute atomic E-state index is 0.00897. The van der Waals surface area contributed by atoms with Crippen molar-refractivity contribution in [2.75, 3.05) is 18.5 Å². The third-order valence-corrected chi connectivity index (χ3v) is 5.32. The number of aromatic amines is 1. The third kappa shape index (κ3) is 3.57. The monoisotopic (exact) mass is 378 g/mol. The van der Waals surface area contributed by atoms with Gasteiger partial charge in [0.1, 0.15) is 18.2 Å². The van der Waals surface area contributed by atoms with Gasteiger partial charge < -0.3 is 19.8 Å². The molecule has 1 saturated carbocycles. The molecule has 1 aliphatic heterocycles. The molecule has 1 aliphatic carbocycles. The quantitative estimate of drug-likeness (QED) is 0.687. The van der Waals surface area contributed by atoms with Crippen molar-refractivity contribution >= 4 is 22.8 Å². The van der Waals surface area contributed by atoms with Crippen molar-refractivity contribution < 1.29 is 14.3 Å². The number of carbonyl (C=O) groups excluding carboxylic acids is 1. The van der Waals surface area contributed by atoms with E-state index < -0.39 is 0 Å². The van der Waals surface area contributed by atoms with Crippen LogP contribution in [-0.4, -0.2) is 40.2 Å². The van der Waals surface area contributed by atoms with Crippen molar-refractivity contribution in [3.63, 3.8) is 0 Å². The Morgan fingerprint density at radius 3 is 3.14 bits per heavy atom. The minimum Gasteiger partial charge on any atom is -0.491 e. The van der Waals surface area contributed by atoms with Crippen LogP contribution in [0.15, 0.2) is 42.6 Å². The summed E-state index contributed by atoms with van der Waals surface area (Å²) < 4.78 is 11.4. The Morgan fingerprint density at radius 1 is 1.32 bits per heavy atom. The molecule has 7 heteroatoms. The first-order valence-electron chi connectivity index (χ1n) is 9.72. The molecule has 3 aromatic rings. The molecular weight excluding hydrogens is 356 g/mol. The molecule has 1 saturated heterocycles. The number of nitrogens with one attached hydrogen (secondary N) is 2. The summed E-state index contributed by atoms with van der Waals surface area (Å²) in [5.74, 6) is 1.63. The zero-order valence-electron chi connectivity index (χ0n) is 15.4. The molecule has 7 nitrogen and oxygen atoms in total. The first-order chi connectivity index (χ1) is 13.8. The van der Waals surface area contributed by atoms with Gasteiger partial charge in [-0.1, -0.05) is 6.07 Å². The van der Waals surface area contributed by atoms with Crippen LogP contribution in [0.4, 0.5) is 5.69 Å². The van der Waals surface area contributed by atoms with Gasteiger partial charge in [-0.15, -0.1) is 0 Å². The van der Waals surface area contributed by atoms with Crippen LogP contribution >= 0.6 is 0 Å². The lowest BCUT2D eigenvalue weighted by molar-refractivity contribution is -0.117. The maximum absolute atomic E-state index is 12.6. The number of carbonyl (C=O) groups is 1. The zero-order valence-corrected chi connectivity index (χ0v) is 15.4. The molecule has 2 fully saturated rings. The van der Waals surface area contributed by atoms with Gasteiger partial charge in [0, 0.05) is 36.4 Å². The highest BCUT2D eigenvalue weighted by Gasteiger charge is 2.46. The number of fused-ring (bicyclic) bond motifs is 1. The smallest absolute Gasteiger partial charge is 0.228 e. The highest BCUT2D eigenvalue weighted by molar-refractivity contribution is 5.95. The van der Waals surface area contributed by atoms with Crippen molar-refractivity contribution in [3.05, 3.63) is 48.4 Å². The number of benzene rings is 1. The lowest BCUT2D eigenvalue weighted by Gasteiger charge is -2.12. The molecule has 1 amide bonds. The molecule has 0 radical (unpaired) electrons. The van der Waals surface area contributed by atoms with E-state index in [0.29, 0.717) is 12.3 Å².